The number of primary amides is 1. The van der Waals surface area contributed by atoms with Crippen LogP contribution in [0.4, 0.5) is 0 Å². The van der Waals surface area contributed by atoms with Gasteiger partial charge in [0.2, 0.25) is 5.91 Å². The van der Waals surface area contributed by atoms with Crippen molar-refractivity contribution in [3.8, 4) is 0 Å². The van der Waals surface area contributed by atoms with Crippen molar-refractivity contribution in [2.45, 2.75) is 18.3 Å². The lowest BCUT2D eigenvalue weighted by Gasteiger charge is -2.18. The standard InChI is InChI=1S/C5H12N2O4/c6-1-2(8)3(9)4(10)5(7)11/h2-4,8-10H,1,6H2,(H2,7,11)/t2-,3+,4-/m1/s1. The minimum absolute atomic E-state index is 0.245. The first-order valence-corrected chi connectivity index (χ1v) is 3.04. The summed E-state index contributed by atoms with van der Waals surface area (Å²) < 4.78 is 0. The highest BCUT2D eigenvalue weighted by molar-refractivity contribution is 5.79. The van der Waals surface area contributed by atoms with Gasteiger partial charge in [-0.2, -0.15) is 0 Å². The van der Waals surface area contributed by atoms with Crippen molar-refractivity contribution in [3.05, 3.63) is 0 Å². The third-order valence-corrected chi connectivity index (χ3v) is 1.25. The van der Waals surface area contributed by atoms with E-state index in [0.717, 1.165) is 0 Å². The van der Waals surface area contributed by atoms with Gasteiger partial charge < -0.3 is 26.8 Å². The lowest BCUT2D eigenvalue weighted by molar-refractivity contribution is -0.136. The Balaban J connectivity index is 4.00. The number of aliphatic hydroxyl groups excluding tert-OH is 3. The Morgan fingerprint density at radius 1 is 1.36 bits per heavy atom. The third-order valence-electron chi connectivity index (χ3n) is 1.25. The molecule has 0 aromatic heterocycles. The van der Waals surface area contributed by atoms with Crippen LogP contribution in [0, 0.1) is 0 Å². The zero-order valence-electron chi connectivity index (χ0n) is 5.84. The Morgan fingerprint density at radius 2 is 1.82 bits per heavy atom. The summed E-state index contributed by atoms with van der Waals surface area (Å²) in [5.41, 5.74) is 9.57. The summed E-state index contributed by atoms with van der Waals surface area (Å²) in [5.74, 6) is -1.09. The molecule has 7 N–H and O–H groups in total. The van der Waals surface area contributed by atoms with Crippen LogP contribution in [0.2, 0.25) is 0 Å². The molecule has 0 radical (unpaired) electrons. The Bertz CT molecular complexity index is 140. The van der Waals surface area contributed by atoms with Gasteiger partial charge >= 0.3 is 0 Å². The summed E-state index contributed by atoms with van der Waals surface area (Å²) in [4.78, 5) is 10.2. The highest BCUT2D eigenvalue weighted by atomic mass is 16.4. The molecule has 0 aromatic rings. The molecule has 0 fully saturated rings. The summed E-state index contributed by atoms with van der Waals surface area (Å²) in [6.45, 7) is -0.245. The minimum atomic E-state index is -1.77. The molecule has 66 valence electrons. The van der Waals surface area contributed by atoms with E-state index >= 15 is 0 Å². The van der Waals surface area contributed by atoms with Crippen LogP contribution < -0.4 is 11.5 Å². The number of hydrogen-bond donors (Lipinski definition) is 5. The van der Waals surface area contributed by atoms with E-state index in [0.29, 0.717) is 0 Å². The Morgan fingerprint density at radius 3 is 2.09 bits per heavy atom. The van der Waals surface area contributed by atoms with E-state index in [-0.39, 0.29) is 6.54 Å². The minimum Gasteiger partial charge on any atom is -0.389 e. The first-order chi connectivity index (χ1) is 5.00. The van der Waals surface area contributed by atoms with E-state index < -0.39 is 24.2 Å². The molecule has 0 heterocycles. The molecule has 6 heteroatoms. The molecule has 1 amide bonds. The van der Waals surface area contributed by atoms with Crippen molar-refractivity contribution < 1.29 is 20.1 Å². The second-order valence-corrected chi connectivity index (χ2v) is 2.14. The van der Waals surface area contributed by atoms with Crippen LogP contribution in [0.5, 0.6) is 0 Å². The predicted octanol–water partition coefficient (Wildman–Crippen LogP) is -3.49. The van der Waals surface area contributed by atoms with Gasteiger partial charge in [-0.3, -0.25) is 4.79 Å². The molecule has 0 saturated carbocycles. The molecule has 0 aliphatic rings. The molecule has 11 heavy (non-hydrogen) atoms. The summed E-state index contributed by atoms with van der Waals surface area (Å²) >= 11 is 0. The number of carbonyl (C=O) groups is 1. The van der Waals surface area contributed by atoms with E-state index in [4.69, 9.17) is 21.1 Å². The Kier molecular flexibility index (Phi) is 3.98. The fourth-order valence-electron chi connectivity index (χ4n) is 0.518. The summed E-state index contributed by atoms with van der Waals surface area (Å²) in [5, 5.41) is 26.4. The molecule has 6 nitrogen and oxygen atoms in total. The monoisotopic (exact) mass is 164 g/mol. The van der Waals surface area contributed by atoms with Crippen LogP contribution in [0.15, 0.2) is 0 Å². The van der Waals surface area contributed by atoms with Gasteiger partial charge in [-0.05, 0) is 0 Å². The van der Waals surface area contributed by atoms with Crippen molar-refractivity contribution in [3.63, 3.8) is 0 Å². The molecular weight excluding hydrogens is 152 g/mol. The molecule has 0 bridgehead atoms. The quantitative estimate of drug-likeness (QED) is 0.294. The Hall–Kier alpha value is -0.690. The highest BCUT2D eigenvalue weighted by Gasteiger charge is 2.27. The van der Waals surface area contributed by atoms with Crippen LogP contribution in [-0.4, -0.2) is 46.1 Å². The van der Waals surface area contributed by atoms with Gasteiger partial charge in [-0.1, -0.05) is 0 Å². The molecule has 0 rings (SSSR count). The van der Waals surface area contributed by atoms with E-state index in [1.165, 1.54) is 0 Å². The second-order valence-electron chi connectivity index (χ2n) is 2.14. The van der Waals surface area contributed by atoms with Crippen molar-refractivity contribution in [2.75, 3.05) is 6.54 Å². The van der Waals surface area contributed by atoms with Gasteiger partial charge in [-0.25, -0.2) is 0 Å². The molecule has 0 aliphatic heterocycles. The van der Waals surface area contributed by atoms with Crippen molar-refractivity contribution in [1.29, 1.82) is 0 Å². The summed E-state index contributed by atoms with van der Waals surface area (Å²) in [6, 6.07) is 0. The van der Waals surface area contributed by atoms with E-state index in [2.05, 4.69) is 5.73 Å². The number of amides is 1. The average molecular weight is 164 g/mol. The lowest BCUT2D eigenvalue weighted by atomic mass is 10.1. The maximum Gasteiger partial charge on any atom is 0.249 e. The smallest absolute Gasteiger partial charge is 0.249 e. The van der Waals surface area contributed by atoms with E-state index in [9.17, 15) is 4.79 Å². The van der Waals surface area contributed by atoms with Crippen LogP contribution in [0.25, 0.3) is 0 Å². The van der Waals surface area contributed by atoms with Crippen LogP contribution in [-0.2, 0) is 4.79 Å². The molecule has 3 atom stereocenters. The van der Waals surface area contributed by atoms with Crippen LogP contribution in [0.3, 0.4) is 0 Å². The number of carbonyl (C=O) groups excluding carboxylic acids is 1. The molecule has 0 unspecified atom stereocenters. The largest absolute Gasteiger partial charge is 0.389 e. The molecule has 0 aromatic carbocycles. The van der Waals surface area contributed by atoms with Gasteiger partial charge in [0.1, 0.15) is 6.10 Å². The number of hydrogen-bond acceptors (Lipinski definition) is 5. The maximum atomic E-state index is 10.2. The van der Waals surface area contributed by atoms with Crippen LogP contribution in [0.1, 0.15) is 0 Å². The normalized spacial score (nSPS) is 18.9. The summed E-state index contributed by atoms with van der Waals surface area (Å²) in [6.07, 6.45) is -4.72. The third kappa shape index (κ3) is 2.81. The SMILES string of the molecule is NC[C@@H](O)[C@H](O)[C@@H](O)C(N)=O. The van der Waals surface area contributed by atoms with Gasteiger partial charge in [-0.15, -0.1) is 0 Å². The topological polar surface area (TPSA) is 130 Å². The zero-order valence-corrected chi connectivity index (χ0v) is 5.84. The van der Waals surface area contributed by atoms with Gasteiger partial charge in [0.25, 0.3) is 0 Å². The van der Waals surface area contributed by atoms with Gasteiger partial charge in [0.15, 0.2) is 6.10 Å². The zero-order chi connectivity index (χ0) is 9.02. The molecular formula is C5H12N2O4. The van der Waals surface area contributed by atoms with Crippen molar-refractivity contribution in [2.24, 2.45) is 11.5 Å². The van der Waals surface area contributed by atoms with Crippen LogP contribution >= 0.6 is 0 Å². The number of aliphatic hydroxyl groups is 3. The lowest BCUT2D eigenvalue weighted by Crippen LogP contribution is -2.47. The van der Waals surface area contributed by atoms with Gasteiger partial charge in [0, 0.05) is 6.54 Å². The van der Waals surface area contributed by atoms with E-state index in [1.807, 2.05) is 0 Å². The van der Waals surface area contributed by atoms with Crippen molar-refractivity contribution >= 4 is 5.91 Å². The predicted molar refractivity (Wildman–Crippen MR) is 36.3 cm³/mol. The molecule has 0 saturated heterocycles. The van der Waals surface area contributed by atoms with Crippen molar-refractivity contribution in [1.82, 2.24) is 0 Å². The van der Waals surface area contributed by atoms with Gasteiger partial charge in [0.05, 0.1) is 6.10 Å². The first-order valence-electron chi connectivity index (χ1n) is 3.04. The Labute approximate surface area is 63.4 Å². The first kappa shape index (κ1) is 10.3. The fourth-order valence-corrected chi connectivity index (χ4v) is 0.518. The summed E-state index contributed by atoms with van der Waals surface area (Å²) in [7, 11) is 0. The average Bonchev–Trinajstić information content (AvgIpc) is 2.00. The maximum absolute atomic E-state index is 10.2. The molecule has 0 aliphatic carbocycles. The number of nitrogens with two attached hydrogens (primary N) is 2. The van der Waals surface area contributed by atoms with E-state index in [1.54, 1.807) is 0 Å². The molecule has 0 spiro atoms. The highest BCUT2D eigenvalue weighted by Crippen LogP contribution is 1.97. The fraction of sp³-hybridized carbons (Fsp3) is 0.800. The number of rotatable bonds is 4. The second kappa shape index (κ2) is 4.24.